The van der Waals surface area contributed by atoms with E-state index in [1.165, 1.54) is 18.4 Å². The number of halogens is 1. The van der Waals surface area contributed by atoms with Gasteiger partial charge in [-0.3, -0.25) is 9.69 Å². The Morgan fingerprint density at radius 2 is 2.29 bits per heavy atom. The van der Waals surface area contributed by atoms with Gasteiger partial charge in [0, 0.05) is 18.3 Å². The number of H-pyrrole nitrogens is 1. The molecule has 0 aromatic carbocycles. The summed E-state index contributed by atoms with van der Waals surface area (Å²) < 4.78 is 0. The average molecular weight is 215 g/mol. The molecular formula is C10H15ClN2O. The smallest absolute Gasteiger partial charge is 0.247 e. The molecule has 1 N–H and O–H groups in total. The third-order valence-electron chi connectivity index (χ3n) is 2.71. The first-order chi connectivity index (χ1) is 6.27. The zero-order valence-electron chi connectivity index (χ0n) is 8.19. The molecule has 1 fully saturated rings. The van der Waals surface area contributed by atoms with Crippen LogP contribution in [0, 0.1) is 0 Å². The van der Waals surface area contributed by atoms with Crippen LogP contribution in [0.3, 0.4) is 0 Å². The molecule has 0 aliphatic carbocycles. The minimum atomic E-state index is -0.0237. The van der Waals surface area contributed by atoms with E-state index in [1.54, 1.807) is 6.07 Å². The number of aromatic amines is 1. The second-order valence-electron chi connectivity index (χ2n) is 3.62. The van der Waals surface area contributed by atoms with Crippen LogP contribution in [0.2, 0.25) is 0 Å². The van der Waals surface area contributed by atoms with Crippen molar-refractivity contribution in [2.75, 3.05) is 13.6 Å². The van der Waals surface area contributed by atoms with E-state index in [0.717, 1.165) is 6.54 Å². The van der Waals surface area contributed by atoms with Crippen LogP contribution in [-0.2, 0) is 0 Å². The highest BCUT2D eigenvalue weighted by atomic mass is 35.5. The van der Waals surface area contributed by atoms with Crippen LogP contribution >= 0.6 is 12.4 Å². The van der Waals surface area contributed by atoms with E-state index < -0.39 is 0 Å². The Kier molecular flexibility index (Phi) is 3.72. The lowest BCUT2D eigenvalue weighted by atomic mass is 10.1. The summed E-state index contributed by atoms with van der Waals surface area (Å²) in [6.07, 6.45) is 4.28. The largest absolute Gasteiger partial charge is 0.329 e. The minimum Gasteiger partial charge on any atom is -0.329 e. The number of likely N-dealkylation sites (tertiary alicyclic amines) is 1. The van der Waals surface area contributed by atoms with Crippen LogP contribution < -0.4 is 5.56 Å². The highest BCUT2D eigenvalue weighted by Gasteiger charge is 2.22. The normalized spacial score (nSPS) is 21.9. The van der Waals surface area contributed by atoms with Crippen molar-refractivity contribution in [2.45, 2.75) is 18.9 Å². The monoisotopic (exact) mass is 214 g/mol. The van der Waals surface area contributed by atoms with Crippen molar-refractivity contribution >= 4 is 12.4 Å². The summed E-state index contributed by atoms with van der Waals surface area (Å²) in [4.78, 5) is 15.9. The van der Waals surface area contributed by atoms with E-state index in [2.05, 4.69) is 16.9 Å². The fourth-order valence-electron chi connectivity index (χ4n) is 1.96. The molecule has 4 heteroatoms. The van der Waals surface area contributed by atoms with Gasteiger partial charge in [-0.15, -0.1) is 12.4 Å². The Labute approximate surface area is 89.5 Å². The molecule has 78 valence electrons. The van der Waals surface area contributed by atoms with E-state index in [-0.39, 0.29) is 18.0 Å². The van der Waals surface area contributed by atoms with E-state index in [4.69, 9.17) is 0 Å². The summed E-state index contributed by atoms with van der Waals surface area (Å²) in [6, 6.07) is 4.02. The van der Waals surface area contributed by atoms with Crippen LogP contribution in [0.15, 0.2) is 23.1 Å². The molecule has 14 heavy (non-hydrogen) atoms. The zero-order chi connectivity index (χ0) is 9.26. The van der Waals surface area contributed by atoms with Crippen molar-refractivity contribution in [1.82, 2.24) is 9.88 Å². The highest BCUT2D eigenvalue weighted by molar-refractivity contribution is 5.85. The fourth-order valence-corrected chi connectivity index (χ4v) is 1.96. The van der Waals surface area contributed by atoms with Crippen molar-refractivity contribution in [1.29, 1.82) is 0 Å². The van der Waals surface area contributed by atoms with Crippen LogP contribution in [0.4, 0.5) is 0 Å². The van der Waals surface area contributed by atoms with Crippen LogP contribution in [0.25, 0.3) is 0 Å². The summed E-state index contributed by atoms with van der Waals surface area (Å²) in [5.41, 5.74) is 1.20. The minimum absolute atomic E-state index is 0. The van der Waals surface area contributed by atoms with Gasteiger partial charge in [-0.25, -0.2) is 0 Å². The quantitative estimate of drug-likeness (QED) is 0.771. The predicted octanol–water partition coefficient (Wildman–Crippen LogP) is 1.56. The van der Waals surface area contributed by atoms with Gasteiger partial charge < -0.3 is 4.98 Å². The van der Waals surface area contributed by atoms with Gasteiger partial charge in [-0.2, -0.15) is 0 Å². The Bertz CT molecular complexity index is 330. The maximum atomic E-state index is 10.8. The molecule has 1 atom stereocenters. The summed E-state index contributed by atoms with van der Waals surface area (Å²) in [5, 5.41) is 0. The molecule has 1 unspecified atom stereocenters. The number of rotatable bonds is 1. The lowest BCUT2D eigenvalue weighted by molar-refractivity contribution is 0.317. The van der Waals surface area contributed by atoms with Crippen LogP contribution in [0.5, 0.6) is 0 Å². The first-order valence-corrected chi connectivity index (χ1v) is 4.66. The number of hydrogen-bond acceptors (Lipinski definition) is 2. The molecule has 0 spiro atoms. The molecule has 1 aromatic heterocycles. The van der Waals surface area contributed by atoms with E-state index in [9.17, 15) is 4.79 Å². The lowest BCUT2D eigenvalue weighted by Gasteiger charge is -2.18. The second-order valence-corrected chi connectivity index (χ2v) is 3.62. The number of hydrogen-bond donors (Lipinski definition) is 1. The van der Waals surface area contributed by atoms with Crippen molar-refractivity contribution < 1.29 is 0 Å². The summed E-state index contributed by atoms with van der Waals surface area (Å²) in [6.45, 7) is 1.16. The fraction of sp³-hybridized carbons (Fsp3) is 0.500. The highest BCUT2D eigenvalue weighted by Crippen LogP contribution is 2.28. The number of nitrogens with zero attached hydrogens (tertiary/aromatic N) is 1. The Balaban J connectivity index is 0.000000980. The second kappa shape index (κ2) is 4.62. The summed E-state index contributed by atoms with van der Waals surface area (Å²) in [5.74, 6) is 0. The third-order valence-corrected chi connectivity index (χ3v) is 2.71. The molecule has 1 aliphatic heterocycles. The van der Waals surface area contributed by atoms with Gasteiger partial charge in [0.15, 0.2) is 0 Å². The molecule has 0 saturated carbocycles. The Morgan fingerprint density at radius 1 is 1.50 bits per heavy atom. The van der Waals surface area contributed by atoms with Gasteiger partial charge in [0.05, 0.1) is 0 Å². The lowest BCUT2D eigenvalue weighted by Crippen LogP contribution is -2.18. The molecule has 1 saturated heterocycles. The maximum absolute atomic E-state index is 10.8. The molecule has 2 heterocycles. The number of aromatic nitrogens is 1. The van der Waals surface area contributed by atoms with Crippen molar-refractivity contribution in [3.8, 4) is 0 Å². The van der Waals surface area contributed by atoms with Gasteiger partial charge >= 0.3 is 0 Å². The number of pyridine rings is 1. The first kappa shape index (κ1) is 11.3. The van der Waals surface area contributed by atoms with Gasteiger partial charge in [0.2, 0.25) is 5.56 Å². The zero-order valence-corrected chi connectivity index (χ0v) is 9.01. The molecule has 1 aromatic rings. The van der Waals surface area contributed by atoms with E-state index in [1.807, 2.05) is 12.3 Å². The average Bonchev–Trinajstić information content (AvgIpc) is 2.53. The van der Waals surface area contributed by atoms with Gasteiger partial charge in [-0.05, 0) is 32.0 Å². The topological polar surface area (TPSA) is 36.1 Å². The molecule has 0 amide bonds. The molecule has 0 radical (unpaired) electrons. The van der Waals surface area contributed by atoms with Crippen LogP contribution in [-0.4, -0.2) is 23.5 Å². The summed E-state index contributed by atoms with van der Waals surface area (Å²) >= 11 is 0. The summed E-state index contributed by atoms with van der Waals surface area (Å²) in [7, 11) is 2.13. The third kappa shape index (κ3) is 2.16. The van der Waals surface area contributed by atoms with Gasteiger partial charge in [-0.1, -0.05) is 6.07 Å². The van der Waals surface area contributed by atoms with E-state index in [0.29, 0.717) is 6.04 Å². The van der Waals surface area contributed by atoms with Crippen molar-refractivity contribution in [2.24, 2.45) is 0 Å². The van der Waals surface area contributed by atoms with Crippen LogP contribution in [0.1, 0.15) is 24.4 Å². The number of nitrogens with one attached hydrogen (secondary N) is 1. The van der Waals surface area contributed by atoms with Crippen molar-refractivity contribution in [3.63, 3.8) is 0 Å². The SMILES string of the molecule is CN1CCCC1c1ccc(=O)[nH]c1.Cl. The maximum Gasteiger partial charge on any atom is 0.247 e. The Hall–Kier alpha value is -0.800. The van der Waals surface area contributed by atoms with Crippen molar-refractivity contribution in [3.05, 3.63) is 34.2 Å². The molecule has 1 aliphatic rings. The van der Waals surface area contributed by atoms with Gasteiger partial charge in [0.1, 0.15) is 0 Å². The molecule has 0 bridgehead atoms. The molecular weight excluding hydrogens is 200 g/mol. The first-order valence-electron chi connectivity index (χ1n) is 4.66. The molecule has 3 nitrogen and oxygen atoms in total. The Morgan fingerprint density at radius 3 is 2.79 bits per heavy atom. The van der Waals surface area contributed by atoms with Gasteiger partial charge in [0.25, 0.3) is 0 Å². The standard InChI is InChI=1S/C10H14N2O.ClH/c1-12-6-2-3-9(12)8-4-5-10(13)11-7-8;/h4-5,7,9H,2-3,6H2,1H3,(H,11,13);1H. The predicted molar refractivity (Wildman–Crippen MR) is 58.9 cm³/mol. The van der Waals surface area contributed by atoms with E-state index >= 15 is 0 Å². The molecule has 2 rings (SSSR count).